The highest BCUT2D eigenvalue weighted by Crippen LogP contribution is 2.26. The highest BCUT2D eigenvalue weighted by molar-refractivity contribution is 6.30. The molecule has 2 aromatic carbocycles. The lowest BCUT2D eigenvalue weighted by Gasteiger charge is -2.19. The summed E-state index contributed by atoms with van der Waals surface area (Å²) < 4.78 is 1.88. The Kier molecular flexibility index (Phi) is 5.71. The van der Waals surface area contributed by atoms with Crippen LogP contribution < -0.4 is 16.2 Å². The molecule has 144 valence electrons. The molecule has 3 aromatic rings. The second-order valence-electron chi connectivity index (χ2n) is 6.85. The molecule has 2 heterocycles. The summed E-state index contributed by atoms with van der Waals surface area (Å²) in [5.41, 5.74) is 9.57. The van der Waals surface area contributed by atoms with Crippen molar-refractivity contribution in [3.63, 3.8) is 0 Å². The van der Waals surface area contributed by atoms with Crippen LogP contribution in [0.3, 0.4) is 0 Å². The van der Waals surface area contributed by atoms with Crippen LogP contribution in [0.25, 0.3) is 0 Å². The summed E-state index contributed by atoms with van der Waals surface area (Å²) in [5, 5.41) is 8.05. The van der Waals surface area contributed by atoms with E-state index in [0.29, 0.717) is 24.7 Å². The summed E-state index contributed by atoms with van der Waals surface area (Å²) in [4.78, 5) is 12.9. The SMILES string of the molecule is O=C(NCc1ccccc1Cn1cccn1)C1CNNC1c1ccc(Cl)cc1. The average molecular weight is 396 g/mol. The van der Waals surface area contributed by atoms with Gasteiger partial charge < -0.3 is 5.32 Å². The van der Waals surface area contributed by atoms with Crippen molar-refractivity contribution in [2.24, 2.45) is 5.92 Å². The van der Waals surface area contributed by atoms with E-state index in [-0.39, 0.29) is 17.9 Å². The normalized spacial score (nSPS) is 18.9. The topological polar surface area (TPSA) is 71.0 Å². The number of hydrogen-bond acceptors (Lipinski definition) is 4. The number of benzene rings is 2. The molecule has 1 aromatic heterocycles. The van der Waals surface area contributed by atoms with Crippen molar-refractivity contribution < 1.29 is 4.79 Å². The van der Waals surface area contributed by atoms with Crippen molar-refractivity contribution in [3.05, 3.63) is 88.7 Å². The molecule has 0 spiro atoms. The first-order valence-electron chi connectivity index (χ1n) is 9.26. The van der Waals surface area contributed by atoms with Gasteiger partial charge in [-0.15, -0.1) is 0 Å². The van der Waals surface area contributed by atoms with Crippen molar-refractivity contribution in [2.75, 3.05) is 6.54 Å². The lowest BCUT2D eigenvalue weighted by atomic mass is 9.94. The van der Waals surface area contributed by atoms with Gasteiger partial charge in [0.15, 0.2) is 0 Å². The molecule has 1 amide bonds. The molecule has 3 N–H and O–H groups in total. The molecule has 1 aliphatic rings. The third-order valence-corrected chi connectivity index (χ3v) is 5.26. The zero-order valence-electron chi connectivity index (χ0n) is 15.3. The van der Waals surface area contributed by atoms with E-state index in [1.165, 1.54) is 0 Å². The number of carbonyl (C=O) groups is 1. The summed E-state index contributed by atoms with van der Waals surface area (Å²) in [6.07, 6.45) is 3.70. The van der Waals surface area contributed by atoms with Gasteiger partial charge in [-0.2, -0.15) is 5.10 Å². The number of halogens is 1. The Morgan fingerprint density at radius 2 is 1.93 bits per heavy atom. The molecule has 2 unspecified atom stereocenters. The van der Waals surface area contributed by atoms with Crippen LogP contribution in [-0.4, -0.2) is 22.2 Å². The van der Waals surface area contributed by atoms with Gasteiger partial charge in [-0.05, 0) is 34.9 Å². The third kappa shape index (κ3) is 4.25. The fourth-order valence-corrected chi connectivity index (χ4v) is 3.62. The van der Waals surface area contributed by atoms with Crippen molar-refractivity contribution in [3.8, 4) is 0 Å². The van der Waals surface area contributed by atoms with Crippen molar-refractivity contribution in [2.45, 2.75) is 19.1 Å². The molecule has 1 fully saturated rings. The number of nitrogens with one attached hydrogen (secondary N) is 3. The fraction of sp³-hybridized carbons (Fsp3) is 0.238. The van der Waals surface area contributed by atoms with Crippen LogP contribution in [0.15, 0.2) is 67.0 Å². The van der Waals surface area contributed by atoms with Crippen molar-refractivity contribution >= 4 is 17.5 Å². The number of hydrazine groups is 1. The smallest absolute Gasteiger partial charge is 0.226 e. The van der Waals surface area contributed by atoms with Gasteiger partial charge in [-0.25, -0.2) is 5.43 Å². The first-order chi connectivity index (χ1) is 13.7. The van der Waals surface area contributed by atoms with Crippen LogP contribution in [-0.2, 0) is 17.9 Å². The Balaban J connectivity index is 1.42. The molecule has 7 heteroatoms. The molecule has 2 atom stereocenters. The Hall–Kier alpha value is -2.67. The third-order valence-electron chi connectivity index (χ3n) is 5.01. The molecule has 28 heavy (non-hydrogen) atoms. The Labute approximate surface area is 168 Å². The maximum atomic E-state index is 12.9. The highest BCUT2D eigenvalue weighted by atomic mass is 35.5. The van der Waals surface area contributed by atoms with Gasteiger partial charge in [0, 0.05) is 30.5 Å². The predicted octanol–water partition coefficient (Wildman–Crippen LogP) is 2.67. The van der Waals surface area contributed by atoms with E-state index in [9.17, 15) is 4.79 Å². The zero-order valence-corrected chi connectivity index (χ0v) is 16.1. The summed E-state index contributed by atoms with van der Waals surface area (Å²) in [6.45, 7) is 1.74. The largest absolute Gasteiger partial charge is 0.352 e. The number of nitrogens with zero attached hydrogens (tertiary/aromatic N) is 2. The van der Waals surface area contributed by atoms with Gasteiger partial charge >= 0.3 is 0 Å². The average Bonchev–Trinajstić information content (AvgIpc) is 3.40. The monoisotopic (exact) mass is 395 g/mol. The standard InChI is InChI=1S/C21H22ClN5O/c22-18-8-6-15(7-9-18)20-19(13-24-26-20)21(28)23-12-16-4-1-2-5-17(16)14-27-11-3-10-25-27/h1-11,19-20,24,26H,12-14H2,(H,23,28). The molecule has 1 saturated heterocycles. The number of carbonyl (C=O) groups excluding carboxylic acids is 1. The number of rotatable bonds is 6. The summed E-state index contributed by atoms with van der Waals surface area (Å²) >= 11 is 5.98. The highest BCUT2D eigenvalue weighted by Gasteiger charge is 2.33. The molecular formula is C21H22ClN5O. The van der Waals surface area contributed by atoms with Gasteiger partial charge in [-0.1, -0.05) is 48.0 Å². The lowest BCUT2D eigenvalue weighted by molar-refractivity contribution is -0.125. The number of amides is 1. The molecule has 6 nitrogen and oxygen atoms in total. The van der Waals surface area contributed by atoms with Crippen molar-refractivity contribution in [1.82, 2.24) is 25.9 Å². The van der Waals surface area contributed by atoms with Crippen LogP contribution in [0.5, 0.6) is 0 Å². The number of aromatic nitrogens is 2. The quantitative estimate of drug-likeness (QED) is 0.600. The summed E-state index contributed by atoms with van der Waals surface area (Å²) in [7, 11) is 0. The molecule has 0 bridgehead atoms. The van der Waals surface area contributed by atoms with E-state index in [1.54, 1.807) is 6.20 Å². The van der Waals surface area contributed by atoms with E-state index >= 15 is 0 Å². The maximum Gasteiger partial charge on any atom is 0.226 e. The Bertz CT molecular complexity index is 926. The van der Waals surface area contributed by atoms with Gasteiger partial charge in [0.05, 0.1) is 18.5 Å². The Morgan fingerprint density at radius 1 is 1.14 bits per heavy atom. The molecule has 0 aliphatic carbocycles. The zero-order chi connectivity index (χ0) is 19.3. The summed E-state index contributed by atoms with van der Waals surface area (Å²) in [6, 6.07) is 17.5. The van der Waals surface area contributed by atoms with E-state index in [1.807, 2.05) is 59.4 Å². The minimum absolute atomic E-state index is 0.0198. The molecule has 0 saturated carbocycles. The fourth-order valence-electron chi connectivity index (χ4n) is 3.49. The second kappa shape index (κ2) is 8.56. The molecule has 1 aliphatic heterocycles. The number of hydrogen-bond donors (Lipinski definition) is 3. The molecule has 4 rings (SSSR count). The second-order valence-corrected chi connectivity index (χ2v) is 7.29. The van der Waals surface area contributed by atoms with Crippen LogP contribution in [0, 0.1) is 5.92 Å². The first kappa shape index (κ1) is 18.7. The van der Waals surface area contributed by atoms with Gasteiger partial charge in [0.1, 0.15) is 0 Å². The maximum absolute atomic E-state index is 12.9. The first-order valence-corrected chi connectivity index (χ1v) is 9.64. The van der Waals surface area contributed by atoms with E-state index < -0.39 is 0 Å². The minimum Gasteiger partial charge on any atom is -0.352 e. The van der Waals surface area contributed by atoms with Crippen LogP contribution >= 0.6 is 11.6 Å². The van der Waals surface area contributed by atoms with Gasteiger partial charge in [0.2, 0.25) is 5.91 Å². The van der Waals surface area contributed by atoms with Gasteiger partial charge in [-0.3, -0.25) is 14.9 Å². The van der Waals surface area contributed by atoms with Crippen molar-refractivity contribution in [1.29, 1.82) is 0 Å². The van der Waals surface area contributed by atoms with Crippen LogP contribution in [0.2, 0.25) is 5.02 Å². The van der Waals surface area contributed by atoms with E-state index in [0.717, 1.165) is 16.7 Å². The molecular weight excluding hydrogens is 374 g/mol. The van der Waals surface area contributed by atoms with E-state index in [2.05, 4.69) is 27.3 Å². The molecule has 0 radical (unpaired) electrons. The minimum atomic E-state index is -0.195. The predicted molar refractivity (Wildman–Crippen MR) is 108 cm³/mol. The van der Waals surface area contributed by atoms with Gasteiger partial charge in [0.25, 0.3) is 0 Å². The van der Waals surface area contributed by atoms with E-state index in [4.69, 9.17) is 11.6 Å². The lowest BCUT2D eigenvalue weighted by Crippen LogP contribution is -2.35. The van der Waals surface area contributed by atoms with Crippen LogP contribution in [0.4, 0.5) is 0 Å². The Morgan fingerprint density at radius 3 is 2.68 bits per heavy atom. The van der Waals surface area contributed by atoms with Crippen LogP contribution in [0.1, 0.15) is 22.7 Å². The summed E-state index contributed by atoms with van der Waals surface area (Å²) in [5.74, 6) is -0.175.